The first-order valence-electron chi connectivity index (χ1n) is 5.38. The number of nitrogens with zero attached hydrogens (tertiary/aromatic N) is 1. The largest absolute Gasteiger partial charge is 0.399 e. The van der Waals surface area contributed by atoms with E-state index in [4.69, 9.17) is 5.73 Å². The van der Waals surface area contributed by atoms with Crippen LogP contribution in [0.5, 0.6) is 0 Å². The molecule has 1 aliphatic rings. The zero-order chi connectivity index (χ0) is 14.8. The molecule has 19 heavy (non-hydrogen) atoms. The van der Waals surface area contributed by atoms with Crippen molar-refractivity contribution in [3.05, 3.63) is 23.9 Å². The van der Waals surface area contributed by atoms with Crippen LogP contribution in [0.1, 0.15) is 13.3 Å². The standard InChI is InChI=1S/C11H14F3N3O2/c1-10(11(12,13)14)6-4-3-5-7(10)16-9(19)17(2)8(15)18/h3-5H,6H2,1-2H3,(H2,15,18)(H,16,19). The summed E-state index contributed by atoms with van der Waals surface area (Å²) in [4.78, 5) is 22.8. The van der Waals surface area contributed by atoms with Gasteiger partial charge in [0.15, 0.2) is 0 Å². The summed E-state index contributed by atoms with van der Waals surface area (Å²) in [6.45, 7) is 0.979. The summed E-state index contributed by atoms with van der Waals surface area (Å²) >= 11 is 0. The fourth-order valence-corrected chi connectivity index (χ4v) is 1.51. The molecule has 0 fully saturated rings. The predicted molar refractivity (Wildman–Crippen MR) is 61.9 cm³/mol. The van der Waals surface area contributed by atoms with Crippen LogP contribution in [-0.2, 0) is 0 Å². The quantitative estimate of drug-likeness (QED) is 0.770. The van der Waals surface area contributed by atoms with Crippen LogP contribution in [-0.4, -0.2) is 30.2 Å². The Morgan fingerprint density at radius 3 is 2.53 bits per heavy atom. The molecule has 1 aliphatic carbocycles. The van der Waals surface area contributed by atoms with Crippen molar-refractivity contribution in [3.8, 4) is 0 Å². The number of hydrogen-bond acceptors (Lipinski definition) is 2. The summed E-state index contributed by atoms with van der Waals surface area (Å²) in [7, 11) is 1.07. The highest BCUT2D eigenvalue weighted by molar-refractivity contribution is 5.93. The number of primary amides is 1. The van der Waals surface area contributed by atoms with Crippen molar-refractivity contribution < 1.29 is 22.8 Å². The van der Waals surface area contributed by atoms with E-state index in [1.165, 1.54) is 12.2 Å². The number of nitrogens with two attached hydrogens (primary N) is 1. The van der Waals surface area contributed by atoms with Crippen LogP contribution in [0, 0.1) is 5.41 Å². The van der Waals surface area contributed by atoms with Crippen molar-refractivity contribution in [2.75, 3.05) is 7.05 Å². The predicted octanol–water partition coefficient (Wildman–Crippen LogP) is 2.12. The Morgan fingerprint density at radius 2 is 2.05 bits per heavy atom. The topological polar surface area (TPSA) is 75.4 Å². The average Bonchev–Trinajstić information content (AvgIpc) is 2.29. The van der Waals surface area contributed by atoms with Crippen molar-refractivity contribution in [1.29, 1.82) is 0 Å². The first kappa shape index (κ1) is 15.1. The lowest BCUT2D eigenvalue weighted by atomic mass is 9.79. The molecule has 0 aliphatic heterocycles. The minimum Gasteiger partial charge on any atom is -0.351 e. The third-order valence-corrected chi connectivity index (χ3v) is 3.02. The van der Waals surface area contributed by atoms with Crippen LogP contribution in [0.3, 0.4) is 0 Å². The van der Waals surface area contributed by atoms with Crippen LogP contribution >= 0.6 is 0 Å². The summed E-state index contributed by atoms with van der Waals surface area (Å²) in [6.07, 6.45) is -0.886. The number of carbonyl (C=O) groups is 2. The van der Waals surface area contributed by atoms with Crippen LogP contribution in [0.2, 0.25) is 0 Å². The van der Waals surface area contributed by atoms with Crippen molar-refractivity contribution in [2.24, 2.45) is 11.1 Å². The van der Waals surface area contributed by atoms with E-state index in [-0.39, 0.29) is 12.1 Å². The Balaban J connectivity index is 2.98. The van der Waals surface area contributed by atoms with Gasteiger partial charge < -0.3 is 11.1 Å². The van der Waals surface area contributed by atoms with Crippen molar-refractivity contribution in [1.82, 2.24) is 10.2 Å². The fraction of sp³-hybridized carbons (Fsp3) is 0.455. The van der Waals surface area contributed by atoms with Gasteiger partial charge in [-0.25, -0.2) is 14.5 Å². The zero-order valence-corrected chi connectivity index (χ0v) is 10.4. The van der Waals surface area contributed by atoms with E-state index in [0.717, 1.165) is 20.0 Å². The van der Waals surface area contributed by atoms with Gasteiger partial charge in [-0.1, -0.05) is 12.2 Å². The van der Waals surface area contributed by atoms with Gasteiger partial charge >= 0.3 is 18.2 Å². The van der Waals surface area contributed by atoms with Crippen molar-refractivity contribution in [3.63, 3.8) is 0 Å². The van der Waals surface area contributed by atoms with Crippen LogP contribution in [0.15, 0.2) is 23.9 Å². The zero-order valence-electron chi connectivity index (χ0n) is 10.4. The minimum absolute atomic E-state index is 0.289. The molecule has 0 aromatic rings. The molecule has 1 unspecified atom stereocenters. The van der Waals surface area contributed by atoms with Gasteiger partial charge in [0.1, 0.15) is 5.41 Å². The van der Waals surface area contributed by atoms with Crippen molar-refractivity contribution >= 4 is 12.1 Å². The number of hydrogen-bond donors (Lipinski definition) is 2. The van der Waals surface area contributed by atoms with Gasteiger partial charge in [0.05, 0.1) is 0 Å². The van der Waals surface area contributed by atoms with E-state index in [2.05, 4.69) is 5.32 Å². The molecule has 3 N–H and O–H groups in total. The van der Waals surface area contributed by atoms with Crippen molar-refractivity contribution in [2.45, 2.75) is 19.5 Å². The molecule has 4 amide bonds. The maximum Gasteiger partial charge on any atom is 0.399 e. The number of rotatable bonds is 1. The second-order valence-corrected chi connectivity index (χ2v) is 4.37. The average molecular weight is 277 g/mol. The Hall–Kier alpha value is -1.99. The first-order chi connectivity index (χ1) is 8.59. The molecule has 0 spiro atoms. The molecule has 8 heteroatoms. The van der Waals surface area contributed by atoms with Gasteiger partial charge in [0, 0.05) is 12.7 Å². The monoisotopic (exact) mass is 277 g/mol. The normalized spacial score (nSPS) is 22.7. The van der Waals surface area contributed by atoms with E-state index in [9.17, 15) is 22.8 Å². The van der Waals surface area contributed by atoms with Gasteiger partial charge in [0.2, 0.25) is 0 Å². The maximum absolute atomic E-state index is 13.1. The number of urea groups is 2. The molecule has 106 valence electrons. The van der Waals surface area contributed by atoms with Gasteiger partial charge in [0.25, 0.3) is 0 Å². The molecule has 0 bridgehead atoms. The molecule has 0 saturated carbocycles. The first-order valence-corrected chi connectivity index (χ1v) is 5.38. The molecule has 0 radical (unpaired) electrons. The second-order valence-electron chi connectivity index (χ2n) is 4.37. The number of allylic oxidation sites excluding steroid dienone is 4. The summed E-state index contributed by atoms with van der Waals surface area (Å²) in [5, 5.41) is 2.07. The molecule has 0 saturated heterocycles. The highest BCUT2D eigenvalue weighted by Gasteiger charge is 2.53. The Morgan fingerprint density at radius 1 is 1.47 bits per heavy atom. The van der Waals surface area contributed by atoms with Gasteiger partial charge in [-0.2, -0.15) is 13.2 Å². The molecular weight excluding hydrogens is 263 g/mol. The highest BCUT2D eigenvalue weighted by Crippen LogP contribution is 2.47. The summed E-state index contributed by atoms with van der Waals surface area (Å²) < 4.78 is 39.2. The van der Waals surface area contributed by atoms with E-state index >= 15 is 0 Å². The van der Waals surface area contributed by atoms with E-state index < -0.39 is 23.7 Å². The van der Waals surface area contributed by atoms with Gasteiger partial charge in [-0.3, -0.25) is 0 Å². The number of nitrogens with one attached hydrogen (secondary N) is 1. The Kier molecular flexibility index (Phi) is 3.92. The SMILES string of the molecule is CN(C(N)=O)C(=O)NC1=CC=CCC1(C)C(F)(F)F. The molecule has 0 aromatic carbocycles. The lowest BCUT2D eigenvalue weighted by Crippen LogP contribution is -2.49. The third kappa shape index (κ3) is 2.88. The number of imide groups is 1. The fourth-order valence-electron chi connectivity index (χ4n) is 1.51. The second kappa shape index (κ2) is 4.94. The smallest absolute Gasteiger partial charge is 0.351 e. The maximum atomic E-state index is 13.1. The summed E-state index contributed by atoms with van der Waals surface area (Å²) in [5.41, 5.74) is 2.35. The summed E-state index contributed by atoms with van der Waals surface area (Å²) in [6, 6.07) is -2.07. The van der Waals surface area contributed by atoms with Gasteiger partial charge in [-0.05, 0) is 19.4 Å². The van der Waals surface area contributed by atoms with Crippen LogP contribution in [0.25, 0.3) is 0 Å². The lowest BCUT2D eigenvalue weighted by Gasteiger charge is -2.35. The number of carbonyl (C=O) groups excluding carboxylic acids is 2. The lowest BCUT2D eigenvalue weighted by molar-refractivity contribution is -0.204. The highest BCUT2D eigenvalue weighted by atomic mass is 19.4. The Bertz CT molecular complexity index is 457. The number of amides is 4. The third-order valence-electron chi connectivity index (χ3n) is 3.02. The molecule has 1 rings (SSSR count). The van der Waals surface area contributed by atoms with E-state index in [1.807, 2.05) is 0 Å². The molecule has 1 atom stereocenters. The molecule has 5 nitrogen and oxygen atoms in total. The Labute approximate surface area is 107 Å². The van der Waals surface area contributed by atoms with Gasteiger partial charge in [-0.15, -0.1) is 0 Å². The van der Waals surface area contributed by atoms with Crippen LogP contribution in [0.4, 0.5) is 22.8 Å². The van der Waals surface area contributed by atoms with E-state index in [1.54, 1.807) is 0 Å². The summed E-state index contributed by atoms with van der Waals surface area (Å²) in [5.74, 6) is 0. The minimum atomic E-state index is -4.53. The molecular formula is C11H14F3N3O2. The number of halogens is 3. The van der Waals surface area contributed by atoms with E-state index in [0.29, 0.717) is 4.90 Å². The molecule has 0 aromatic heterocycles. The molecule has 0 heterocycles. The number of alkyl halides is 3. The van der Waals surface area contributed by atoms with Crippen LogP contribution < -0.4 is 11.1 Å².